The smallest absolute Gasteiger partial charge is 0.224 e. The number of nitrogens with zero attached hydrogens (tertiary/aromatic N) is 4. The first kappa shape index (κ1) is 20.4. The monoisotopic (exact) mass is 389 g/mol. The van der Waals surface area contributed by atoms with Crippen LogP contribution in [0.5, 0.6) is 0 Å². The molecule has 1 aliphatic rings. The third-order valence-electron chi connectivity index (χ3n) is 4.79. The Balaban J connectivity index is 1.45. The Kier molecular flexibility index (Phi) is 7.46. The molecule has 1 amide bonds. The first-order valence-electron chi connectivity index (χ1n) is 9.50. The lowest BCUT2D eigenvalue weighted by atomic mass is 9.97. The molecule has 0 unspecified atom stereocenters. The summed E-state index contributed by atoms with van der Waals surface area (Å²) in [6, 6.07) is 3.48. The standard InChI is InChI=1S/C19H27N5O4/c1-27-13-15-11-24(23-22-15)8-6-16-4-5-17(18(12-25)28-16)21-19(26)9-14-3-2-7-20-10-14/h2-3,7,10-11,16-18,25H,4-6,8-9,12-13H2,1H3,(H,21,26)/t16-,17+,18-/m0/s1. The second kappa shape index (κ2) is 10.3. The van der Waals surface area contributed by atoms with Gasteiger partial charge in [0, 0.05) is 26.0 Å². The molecule has 1 aliphatic heterocycles. The van der Waals surface area contributed by atoms with Gasteiger partial charge in [0.2, 0.25) is 5.91 Å². The average Bonchev–Trinajstić information content (AvgIpc) is 3.15. The molecule has 2 N–H and O–H groups in total. The quantitative estimate of drug-likeness (QED) is 0.641. The van der Waals surface area contributed by atoms with Gasteiger partial charge in [-0.25, -0.2) is 0 Å². The summed E-state index contributed by atoms with van der Waals surface area (Å²) in [5.74, 6) is -0.0909. The Morgan fingerprint density at radius 3 is 3.11 bits per heavy atom. The van der Waals surface area contributed by atoms with Crippen molar-refractivity contribution in [2.24, 2.45) is 0 Å². The SMILES string of the molecule is COCc1cn(CC[C@@H]2CC[C@@H](NC(=O)Cc3cccnc3)[C@H](CO)O2)nn1. The van der Waals surface area contributed by atoms with E-state index in [1.165, 1.54) is 0 Å². The Bertz CT molecular complexity index is 739. The van der Waals surface area contributed by atoms with E-state index in [4.69, 9.17) is 9.47 Å². The lowest BCUT2D eigenvalue weighted by Crippen LogP contribution is -2.51. The molecule has 3 atom stereocenters. The summed E-state index contributed by atoms with van der Waals surface area (Å²) in [6.45, 7) is 0.986. The highest BCUT2D eigenvalue weighted by molar-refractivity contribution is 5.78. The highest BCUT2D eigenvalue weighted by atomic mass is 16.5. The second-order valence-electron chi connectivity index (χ2n) is 6.96. The second-order valence-corrected chi connectivity index (χ2v) is 6.96. The highest BCUT2D eigenvalue weighted by Gasteiger charge is 2.31. The number of pyridine rings is 1. The minimum absolute atomic E-state index is 0.0127. The van der Waals surface area contributed by atoms with Crippen LogP contribution < -0.4 is 5.32 Å². The molecule has 28 heavy (non-hydrogen) atoms. The largest absolute Gasteiger partial charge is 0.394 e. The Morgan fingerprint density at radius 2 is 2.36 bits per heavy atom. The van der Waals surface area contributed by atoms with Crippen molar-refractivity contribution >= 4 is 5.91 Å². The molecule has 9 nitrogen and oxygen atoms in total. The summed E-state index contributed by atoms with van der Waals surface area (Å²) >= 11 is 0. The number of carbonyl (C=O) groups excluding carboxylic acids is 1. The van der Waals surface area contributed by atoms with Crippen LogP contribution in [0.15, 0.2) is 30.7 Å². The van der Waals surface area contributed by atoms with Crippen molar-refractivity contribution in [3.05, 3.63) is 42.0 Å². The summed E-state index contributed by atoms with van der Waals surface area (Å²) < 4.78 is 12.8. The topological polar surface area (TPSA) is 111 Å². The van der Waals surface area contributed by atoms with Gasteiger partial charge < -0.3 is 19.9 Å². The maximum atomic E-state index is 12.3. The van der Waals surface area contributed by atoms with Gasteiger partial charge in [-0.05, 0) is 30.9 Å². The number of ether oxygens (including phenoxy) is 2. The van der Waals surface area contributed by atoms with Crippen LogP contribution in [0.2, 0.25) is 0 Å². The van der Waals surface area contributed by atoms with E-state index >= 15 is 0 Å². The number of rotatable bonds is 9. The predicted molar refractivity (Wildman–Crippen MR) is 100 cm³/mol. The third-order valence-corrected chi connectivity index (χ3v) is 4.79. The van der Waals surface area contributed by atoms with E-state index < -0.39 is 6.10 Å². The predicted octanol–water partition coefficient (Wildman–Crippen LogP) is 0.477. The zero-order valence-electron chi connectivity index (χ0n) is 16.0. The average molecular weight is 389 g/mol. The molecule has 0 aromatic carbocycles. The number of aliphatic hydroxyl groups is 1. The van der Waals surface area contributed by atoms with Gasteiger partial charge in [-0.2, -0.15) is 0 Å². The Hall–Kier alpha value is -2.36. The third kappa shape index (κ3) is 5.82. The molecule has 1 saturated heterocycles. The molecular formula is C19H27N5O4. The lowest BCUT2D eigenvalue weighted by Gasteiger charge is -2.36. The van der Waals surface area contributed by atoms with Gasteiger partial charge in [-0.15, -0.1) is 5.10 Å². The summed E-state index contributed by atoms with van der Waals surface area (Å²) in [4.78, 5) is 16.3. The van der Waals surface area contributed by atoms with Crippen molar-refractivity contribution in [3.63, 3.8) is 0 Å². The fourth-order valence-corrected chi connectivity index (χ4v) is 3.39. The molecule has 2 aromatic rings. The molecule has 152 valence electrons. The van der Waals surface area contributed by atoms with E-state index in [-0.39, 0.29) is 31.1 Å². The molecule has 0 saturated carbocycles. The van der Waals surface area contributed by atoms with Gasteiger partial charge >= 0.3 is 0 Å². The summed E-state index contributed by atoms with van der Waals surface area (Å²) in [5.41, 5.74) is 1.65. The van der Waals surface area contributed by atoms with Crippen LogP contribution in [-0.2, 0) is 33.8 Å². The normalized spacial score (nSPS) is 22.1. The summed E-state index contributed by atoms with van der Waals surface area (Å²) in [7, 11) is 1.62. The van der Waals surface area contributed by atoms with Crippen LogP contribution in [0.25, 0.3) is 0 Å². The minimum Gasteiger partial charge on any atom is -0.394 e. The van der Waals surface area contributed by atoms with Gasteiger partial charge in [0.1, 0.15) is 11.8 Å². The number of aryl methyl sites for hydroxylation is 1. The van der Waals surface area contributed by atoms with Crippen molar-refractivity contribution in [1.29, 1.82) is 0 Å². The number of methoxy groups -OCH3 is 1. The van der Waals surface area contributed by atoms with Gasteiger partial charge in [-0.3, -0.25) is 14.5 Å². The number of aliphatic hydroxyl groups excluding tert-OH is 1. The van der Waals surface area contributed by atoms with E-state index in [2.05, 4.69) is 20.6 Å². The number of hydrogen-bond acceptors (Lipinski definition) is 7. The number of nitrogens with one attached hydrogen (secondary N) is 1. The number of amides is 1. The van der Waals surface area contributed by atoms with Crippen LogP contribution in [-0.4, -0.2) is 63.0 Å². The first-order valence-corrected chi connectivity index (χ1v) is 9.50. The zero-order valence-corrected chi connectivity index (χ0v) is 16.0. The van der Waals surface area contributed by atoms with Crippen LogP contribution in [0.3, 0.4) is 0 Å². The number of aromatic nitrogens is 4. The molecule has 3 heterocycles. The zero-order chi connectivity index (χ0) is 19.8. The van der Waals surface area contributed by atoms with Crippen molar-refractivity contribution in [2.75, 3.05) is 13.7 Å². The van der Waals surface area contributed by atoms with Gasteiger partial charge in [0.15, 0.2) is 0 Å². The summed E-state index contributed by atoms with van der Waals surface area (Å²) in [6.07, 6.45) is 7.43. The molecule has 0 spiro atoms. The highest BCUT2D eigenvalue weighted by Crippen LogP contribution is 2.22. The molecular weight excluding hydrogens is 362 g/mol. The molecule has 0 aliphatic carbocycles. The van der Waals surface area contributed by atoms with E-state index in [0.717, 1.165) is 30.5 Å². The van der Waals surface area contributed by atoms with Crippen LogP contribution >= 0.6 is 0 Å². The van der Waals surface area contributed by atoms with E-state index in [9.17, 15) is 9.90 Å². The Morgan fingerprint density at radius 1 is 1.46 bits per heavy atom. The fraction of sp³-hybridized carbons (Fsp3) is 0.579. The molecule has 0 bridgehead atoms. The van der Waals surface area contributed by atoms with Crippen molar-refractivity contribution < 1.29 is 19.4 Å². The van der Waals surface area contributed by atoms with Crippen LogP contribution in [0, 0.1) is 0 Å². The molecule has 9 heteroatoms. The van der Waals surface area contributed by atoms with Crippen LogP contribution in [0.4, 0.5) is 0 Å². The first-order chi connectivity index (χ1) is 13.7. The van der Waals surface area contributed by atoms with Gasteiger partial charge in [-0.1, -0.05) is 11.3 Å². The molecule has 0 radical (unpaired) electrons. The summed E-state index contributed by atoms with van der Waals surface area (Å²) in [5, 5.41) is 20.8. The Labute approximate surface area is 164 Å². The van der Waals surface area contributed by atoms with E-state index in [0.29, 0.717) is 13.2 Å². The van der Waals surface area contributed by atoms with Crippen molar-refractivity contribution in [1.82, 2.24) is 25.3 Å². The molecule has 3 rings (SSSR count). The lowest BCUT2D eigenvalue weighted by molar-refractivity contribution is -0.128. The maximum absolute atomic E-state index is 12.3. The molecule has 1 fully saturated rings. The number of carbonyl (C=O) groups is 1. The fourth-order valence-electron chi connectivity index (χ4n) is 3.39. The molecule has 2 aromatic heterocycles. The van der Waals surface area contributed by atoms with Gasteiger partial charge in [0.25, 0.3) is 0 Å². The van der Waals surface area contributed by atoms with Gasteiger partial charge in [0.05, 0.1) is 38.0 Å². The van der Waals surface area contributed by atoms with E-state index in [1.807, 2.05) is 12.3 Å². The van der Waals surface area contributed by atoms with Crippen LogP contribution in [0.1, 0.15) is 30.5 Å². The van der Waals surface area contributed by atoms with E-state index in [1.54, 1.807) is 30.3 Å². The maximum Gasteiger partial charge on any atom is 0.224 e. The van der Waals surface area contributed by atoms with Crippen molar-refractivity contribution in [2.45, 2.75) is 57.1 Å². The minimum atomic E-state index is -0.406. The number of hydrogen-bond donors (Lipinski definition) is 2. The van der Waals surface area contributed by atoms with Crippen molar-refractivity contribution in [3.8, 4) is 0 Å².